The number of carbonyl (C=O) groups excluding carboxylic acids is 1. The summed E-state index contributed by atoms with van der Waals surface area (Å²) in [6, 6.07) is 3.69. The van der Waals surface area contributed by atoms with Crippen molar-refractivity contribution in [2.24, 2.45) is 0 Å². The van der Waals surface area contributed by atoms with Crippen LogP contribution in [0.2, 0.25) is 0 Å². The Bertz CT molecular complexity index is 495. The molecule has 0 unspecified atom stereocenters. The molecule has 2 rings (SSSR count). The minimum Gasteiger partial charge on any atom is -0.350 e. The summed E-state index contributed by atoms with van der Waals surface area (Å²) in [6.07, 6.45) is 2.27. The molecular weight excluding hydrogens is 230 g/mol. The standard InChI is InChI=1S/C13H19N3O2/c1-9-5-6-11(13(18)15-9)12(17)14-8-10-4-3-7-16(10)2/h5-6,10H,3-4,7-8H2,1-2H3,(H,14,17)(H,15,18)/t10-/m1/s1. The summed E-state index contributed by atoms with van der Waals surface area (Å²) in [5, 5.41) is 2.83. The number of aryl methyl sites for hydroxylation is 1. The maximum absolute atomic E-state index is 11.9. The van der Waals surface area contributed by atoms with Gasteiger partial charge >= 0.3 is 0 Å². The molecule has 18 heavy (non-hydrogen) atoms. The largest absolute Gasteiger partial charge is 0.350 e. The summed E-state index contributed by atoms with van der Waals surface area (Å²) in [5.74, 6) is -0.295. The summed E-state index contributed by atoms with van der Waals surface area (Å²) >= 11 is 0. The minimum absolute atomic E-state index is 0.182. The number of rotatable bonds is 3. The van der Waals surface area contributed by atoms with E-state index in [9.17, 15) is 9.59 Å². The molecule has 0 spiro atoms. The highest BCUT2D eigenvalue weighted by molar-refractivity contribution is 5.93. The van der Waals surface area contributed by atoms with Crippen LogP contribution in [-0.2, 0) is 0 Å². The molecule has 0 saturated carbocycles. The number of hydrogen-bond donors (Lipinski definition) is 2. The van der Waals surface area contributed by atoms with Gasteiger partial charge in [0.1, 0.15) is 5.56 Å². The normalized spacial score (nSPS) is 20.0. The van der Waals surface area contributed by atoms with Gasteiger partial charge in [0.05, 0.1) is 0 Å². The fourth-order valence-electron chi connectivity index (χ4n) is 2.29. The van der Waals surface area contributed by atoms with Crippen LogP contribution in [0.5, 0.6) is 0 Å². The van der Waals surface area contributed by atoms with Gasteiger partial charge in [0, 0.05) is 18.3 Å². The Labute approximate surface area is 106 Å². The number of likely N-dealkylation sites (tertiary alicyclic amines) is 1. The molecule has 0 aliphatic carbocycles. The Kier molecular flexibility index (Phi) is 3.81. The SMILES string of the molecule is Cc1ccc(C(=O)NC[C@H]2CCCN2C)c(=O)[nH]1. The van der Waals surface area contributed by atoms with Crippen LogP contribution in [0, 0.1) is 6.92 Å². The number of aromatic nitrogens is 1. The van der Waals surface area contributed by atoms with Crippen LogP contribution in [0.4, 0.5) is 0 Å². The van der Waals surface area contributed by atoms with Crippen molar-refractivity contribution in [1.29, 1.82) is 0 Å². The molecule has 5 nitrogen and oxygen atoms in total. The monoisotopic (exact) mass is 249 g/mol. The van der Waals surface area contributed by atoms with Gasteiger partial charge in [-0.15, -0.1) is 0 Å². The van der Waals surface area contributed by atoms with Crippen molar-refractivity contribution in [2.75, 3.05) is 20.1 Å². The smallest absolute Gasteiger partial charge is 0.260 e. The first-order chi connectivity index (χ1) is 8.58. The second-order valence-electron chi connectivity index (χ2n) is 4.87. The first kappa shape index (κ1) is 12.8. The second-order valence-corrected chi connectivity index (χ2v) is 4.87. The van der Waals surface area contributed by atoms with Crippen LogP contribution in [0.25, 0.3) is 0 Å². The Balaban J connectivity index is 1.97. The van der Waals surface area contributed by atoms with E-state index in [2.05, 4.69) is 22.2 Å². The summed E-state index contributed by atoms with van der Waals surface area (Å²) < 4.78 is 0. The van der Waals surface area contributed by atoms with E-state index in [-0.39, 0.29) is 17.0 Å². The molecule has 98 valence electrons. The van der Waals surface area contributed by atoms with Gasteiger partial charge in [0.25, 0.3) is 11.5 Å². The molecule has 1 atom stereocenters. The number of nitrogens with zero attached hydrogens (tertiary/aromatic N) is 1. The number of amides is 1. The van der Waals surface area contributed by atoms with E-state index in [0.29, 0.717) is 12.6 Å². The number of likely N-dealkylation sites (N-methyl/N-ethyl adjacent to an activating group) is 1. The number of hydrogen-bond acceptors (Lipinski definition) is 3. The average Bonchev–Trinajstić information content (AvgIpc) is 2.72. The van der Waals surface area contributed by atoms with Crippen LogP contribution in [-0.4, -0.2) is 42.0 Å². The summed E-state index contributed by atoms with van der Waals surface area (Å²) in [5.41, 5.74) is 0.612. The third-order valence-electron chi connectivity index (χ3n) is 3.47. The van der Waals surface area contributed by atoms with Gasteiger partial charge in [-0.3, -0.25) is 9.59 Å². The van der Waals surface area contributed by atoms with Crippen LogP contribution < -0.4 is 10.9 Å². The molecule has 0 aromatic carbocycles. The lowest BCUT2D eigenvalue weighted by Crippen LogP contribution is -2.39. The first-order valence-electron chi connectivity index (χ1n) is 6.26. The van der Waals surface area contributed by atoms with E-state index in [1.807, 2.05) is 0 Å². The lowest BCUT2D eigenvalue weighted by molar-refractivity contribution is 0.0942. The van der Waals surface area contributed by atoms with E-state index >= 15 is 0 Å². The Morgan fingerprint density at radius 3 is 2.94 bits per heavy atom. The molecule has 1 fully saturated rings. The maximum Gasteiger partial charge on any atom is 0.260 e. The lowest BCUT2D eigenvalue weighted by atomic mass is 10.2. The summed E-state index contributed by atoms with van der Waals surface area (Å²) in [7, 11) is 2.06. The predicted octanol–water partition coefficient (Wildman–Crippen LogP) is 0.507. The highest BCUT2D eigenvalue weighted by Crippen LogP contribution is 2.13. The Morgan fingerprint density at radius 2 is 2.33 bits per heavy atom. The van der Waals surface area contributed by atoms with Crippen molar-refractivity contribution in [1.82, 2.24) is 15.2 Å². The van der Waals surface area contributed by atoms with Gasteiger partial charge in [-0.1, -0.05) is 0 Å². The Morgan fingerprint density at radius 1 is 1.56 bits per heavy atom. The van der Waals surface area contributed by atoms with Gasteiger partial charge in [-0.05, 0) is 45.5 Å². The van der Waals surface area contributed by atoms with Crippen molar-refractivity contribution in [3.05, 3.63) is 33.7 Å². The average molecular weight is 249 g/mol. The van der Waals surface area contributed by atoms with Crippen molar-refractivity contribution < 1.29 is 4.79 Å². The lowest BCUT2D eigenvalue weighted by Gasteiger charge is -2.19. The van der Waals surface area contributed by atoms with E-state index in [1.165, 1.54) is 6.42 Å². The Hall–Kier alpha value is -1.62. The van der Waals surface area contributed by atoms with Gasteiger partial charge in [-0.2, -0.15) is 0 Å². The van der Waals surface area contributed by atoms with Crippen molar-refractivity contribution in [2.45, 2.75) is 25.8 Å². The number of aromatic amines is 1. The third-order valence-corrected chi connectivity index (χ3v) is 3.47. The number of carbonyl (C=O) groups is 1. The van der Waals surface area contributed by atoms with Crippen LogP contribution in [0.3, 0.4) is 0 Å². The molecule has 0 radical (unpaired) electrons. The molecule has 1 saturated heterocycles. The summed E-state index contributed by atoms with van der Waals surface area (Å²) in [4.78, 5) is 28.4. The molecule has 2 heterocycles. The zero-order chi connectivity index (χ0) is 13.1. The van der Waals surface area contributed by atoms with Gasteiger partial charge in [0.2, 0.25) is 0 Å². The fraction of sp³-hybridized carbons (Fsp3) is 0.538. The highest BCUT2D eigenvalue weighted by atomic mass is 16.2. The fourth-order valence-corrected chi connectivity index (χ4v) is 2.29. The van der Waals surface area contributed by atoms with Crippen molar-refractivity contribution in [3.63, 3.8) is 0 Å². The van der Waals surface area contributed by atoms with E-state index in [4.69, 9.17) is 0 Å². The molecule has 1 amide bonds. The molecule has 0 bridgehead atoms. The van der Waals surface area contributed by atoms with Gasteiger partial charge in [0.15, 0.2) is 0 Å². The van der Waals surface area contributed by atoms with E-state index in [0.717, 1.165) is 18.7 Å². The van der Waals surface area contributed by atoms with Crippen LogP contribution in [0.1, 0.15) is 28.9 Å². The molecule has 1 aromatic heterocycles. The number of nitrogens with one attached hydrogen (secondary N) is 2. The molecule has 1 aromatic rings. The van der Waals surface area contributed by atoms with E-state index < -0.39 is 0 Å². The molecule has 2 N–H and O–H groups in total. The van der Waals surface area contributed by atoms with Crippen LogP contribution >= 0.6 is 0 Å². The summed E-state index contributed by atoms with van der Waals surface area (Å²) in [6.45, 7) is 3.46. The van der Waals surface area contributed by atoms with Gasteiger partial charge in [-0.25, -0.2) is 0 Å². The van der Waals surface area contributed by atoms with Gasteiger partial charge < -0.3 is 15.2 Å². The van der Waals surface area contributed by atoms with Crippen LogP contribution in [0.15, 0.2) is 16.9 Å². The van der Waals surface area contributed by atoms with Crippen molar-refractivity contribution >= 4 is 5.91 Å². The quantitative estimate of drug-likeness (QED) is 0.820. The number of pyridine rings is 1. The predicted molar refractivity (Wildman–Crippen MR) is 69.8 cm³/mol. The third kappa shape index (κ3) is 2.79. The van der Waals surface area contributed by atoms with E-state index in [1.54, 1.807) is 19.1 Å². The molecule has 1 aliphatic rings. The zero-order valence-corrected chi connectivity index (χ0v) is 10.8. The maximum atomic E-state index is 11.9. The van der Waals surface area contributed by atoms with Crippen molar-refractivity contribution in [3.8, 4) is 0 Å². The first-order valence-corrected chi connectivity index (χ1v) is 6.26. The molecule has 1 aliphatic heterocycles. The minimum atomic E-state index is -0.327. The molecule has 5 heteroatoms. The highest BCUT2D eigenvalue weighted by Gasteiger charge is 2.21. The number of H-pyrrole nitrogens is 1. The topological polar surface area (TPSA) is 65.2 Å². The zero-order valence-electron chi connectivity index (χ0n) is 10.8. The molecular formula is C13H19N3O2. The second kappa shape index (κ2) is 5.35.